The van der Waals surface area contributed by atoms with Crippen molar-refractivity contribution in [3.8, 4) is 0 Å². The van der Waals surface area contributed by atoms with Gasteiger partial charge in [-0.25, -0.2) is 4.98 Å². The fraction of sp³-hybridized carbons (Fsp3) is 0.562. The van der Waals surface area contributed by atoms with Gasteiger partial charge in [-0.3, -0.25) is 14.5 Å². The second-order valence-corrected chi connectivity index (χ2v) is 6.01. The van der Waals surface area contributed by atoms with Gasteiger partial charge in [0.25, 0.3) is 5.91 Å². The van der Waals surface area contributed by atoms with Crippen LogP contribution in [-0.4, -0.2) is 33.8 Å². The Hall–Kier alpha value is -1.91. The number of nitrogens with zero attached hydrogens (tertiary/aromatic N) is 2. The molecule has 0 aromatic carbocycles. The predicted molar refractivity (Wildman–Crippen MR) is 79.7 cm³/mol. The largest absolute Gasteiger partial charge is 0.358 e. The highest BCUT2D eigenvalue weighted by atomic mass is 16.2. The highest BCUT2D eigenvalue weighted by molar-refractivity contribution is 6.07. The average molecular weight is 287 g/mol. The quantitative estimate of drug-likeness (QED) is 0.866. The van der Waals surface area contributed by atoms with Crippen LogP contribution in [0.3, 0.4) is 0 Å². The predicted octanol–water partition coefficient (Wildman–Crippen LogP) is 2.26. The molecule has 0 spiro atoms. The van der Waals surface area contributed by atoms with E-state index in [1.807, 2.05) is 19.1 Å². The number of likely N-dealkylation sites (tertiary alicyclic amines) is 1. The molecule has 1 aromatic rings. The molecule has 5 nitrogen and oxygen atoms in total. The number of imide groups is 1. The topological polar surface area (TPSA) is 62.3 Å². The van der Waals surface area contributed by atoms with Crippen LogP contribution >= 0.6 is 0 Å². The SMILES string of the molecule is Cc1ccnc(NC2CC(=O)N(C3CCCCC3)C2=O)c1. The Morgan fingerprint density at radius 1 is 1.24 bits per heavy atom. The van der Waals surface area contributed by atoms with Crippen LogP contribution in [0.5, 0.6) is 0 Å². The summed E-state index contributed by atoms with van der Waals surface area (Å²) in [5, 5.41) is 3.11. The van der Waals surface area contributed by atoms with Crippen molar-refractivity contribution in [1.82, 2.24) is 9.88 Å². The normalized spacial score (nSPS) is 23.7. The number of nitrogens with one attached hydrogen (secondary N) is 1. The number of hydrogen-bond donors (Lipinski definition) is 1. The van der Waals surface area contributed by atoms with Crippen molar-refractivity contribution >= 4 is 17.6 Å². The molecule has 2 amide bonds. The lowest BCUT2D eigenvalue weighted by Gasteiger charge is -2.29. The Labute approximate surface area is 124 Å². The van der Waals surface area contributed by atoms with Gasteiger partial charge >= 0.3 is 0 Å². The first-order chi connectivity index (χ1) is 10.1. The van der Waals surface area contributed by atoms with E-state index in [4.69, 9.17) is 0 Å². The Bertz CT molecular complexity index is 552. The average Bonchev–Trinajstić information content (AvgIpc) is 2.74. The van der Waals surface area contributed by atoms with E-state index >= 15 is 0 Å². The minimum absolute atomic E-state index is 0.0444. The van der Waals surface area contributed by atoms with Gasteiger partial charge in [0.05, 0.1) is 6.42 Å². The summed E-state index contributed by atoms with van der Waals surface area (Å²) in [5.41, 5.74) is 1.08. The molecule has 1 aromatic heterocycles. The van der Waals surface area contributed by atoms with E-state index in [9.17, 15) is 9.59 Å². The maximum Gasteiger partial charge on any atom is 0.252 e. The molecule has 2 heterocycles. The van der Waals surface area contributed by atoms with Crippen molar-refractivity contribution < 1.29 is 9.59 Å². The number of aromatic nitrogens is 1. The smallest absolute Gasteiger partial charge is 0.252 e. The summed E-state index contributed by atoms with van der Waals surface area (Å²) in [6, 6.07) is 3.44. The van der Waals surface area contributed by atoms with Crippen molar-refractivity contribution in [2.24, 2.45) is 0 Å². The highest BCUT2D eigenvalue weighted by Gasteiger charge is 2.42. The Kier molecular flexibility index (Phi) is 3.90. The molecule has 1 saturated heterocycles. The van der Waals surface area contributed by atoms with Gasteiger partial charge in [0.2, 0.25) is 5.91 Å². The van der Waals surface area contributed by atoms with E-state index in [0.717, 1.165) is 31.2 Å². The molecular weight excluding hydrogens is 266 g/mol. The summed E-state index contributed by atoms with van der Waals surface area (Å²) >= 11 is 0. The monoisotopic (exact) mass is 287 g/mol. The zero-order valence-electron chi connectivity index (χ0n) is 12.3. The molecule has 1 aliphatic heterocycles. The van der Waals surface area contributed by atoms with E-state index in [1.54, 1.807) is 6.20 Å². The van der Waals surface area contributed by atoms with Crippen LogP contribution in [0.1, 0.15) is 44.1 Å². The zero-order chi connectivity index (χ0) is 14.8. The second kappa shape index (κ2) is 5.84. The third kappa shape index (κ3) is 2.91. The van der Waals surface area contributed by atoms with E-state index in [-0.39, 0.29) is 24.3 Å². The number of anilines is 1. The minimum Gasteiger partial charge on any atom is -0.358 e. The Balaban J connectivity index is 1.71. The lowest BCUT2D eigenvalue weighted by atomic mass is 9.94. The lowest BCUT2D eigenvalue weighted by molar-refractivity contribution is -0.141. The van der Waals surface area contributed by atoms with Gasteiger partial charge in [-0.2, -0.15) is 0 Å². The number of rotatable bonds is 3. The molecule has 5 heteroatoms. The molecule has 3 rings (SSSR count). The first-order valence-corrected chi connectivity index (χ1v) is 7.70. The van der Waals surface area contributed by atoms with Crippen LogP contribution in [0.25, 0.3) is 0 Å². The lowest BCUT2D eigenvalue weighted by Crippen LogP contribution is -2.43. The molecule has 1 atom stereocenters. The number of amides is 2. The summed E-state index contributed by atoms with van der Waals surface area (Å²) in [6.07, 6.45) is 7.28. The number of carbonyl (C=O) groups excluding carboxylic acids is 2. The maximum absolute atomic E-state index is 12.5. The van der Waals surface area contributed by atoms with Crippen molar-refractivity contribution in [2.45, 2.75) is 57.5 Å². The fourth-order valence-corrected chi connectivity index (χ4v) is 3.28. The molecule has 112 valence electrons. The molecule has 21 heavy (non-hydrogen) atoms. The molecule has 2 fully saturated rings. The fourth-order valence-electron chi connectivity index (χ4n) is 3.28. The molecule has 1 aliphatic carbocycles. The van der Waals surface area contributed by atoms with Gasteiger partial charge in [-0.1, -0.05) is 19.3 Å². The standard InChI is InChI=1S/C16H21N3O2/c1-11-7-8-17-14(9-11)18-13-10-15(20)19(16(13)21)12-5-3-2-4-6-12/h7-9,12-13H,2-6,10H2,1H3,(H,17,18). The van der Waals surface area contributed by atoms with Crippen LogP contribution in [-0.2, 0) is 9.59 Å². The van der Waals surface area contributed by atoms with Crippen LogP contribution in [0, 0.1) is 6.92 Å². The molecule has 0 radical (unpaired) electrons. The van der Waals surface area contributed by atoms with Crippen LogP contribution in [0.2, 0.25) is 0 Å². The maximum atomic E-state index is 12.5. The number of carbonyl (C=O) groups is 2. The third-order valence-corrected chi connectivity index (χ3v) is 4.36. The van der Waals surface area contributed by atoms with Gasteiger partial charge in [0.1, 0.15) is 11.9 Å². The van der Waals surface area contributed by atoms with Gasteiger partial charge in [0, 0.05) is 12.2 Å². The number of pyridine rings is 1. The van der Waals surface area contributed by atoms with E-state index in [2.05, 4.69) is 10.3 Å². The molecule has 2 aliphatic rings. The first-order valence-electron chi connectivity index (χ1n) is 7.70. The number of aryl methyl sites for hydroxylation is 1. The van der Waals surface area contributed by atoms with Crippen molar-refractivity contribution in [1.29, 1.82) is 0 Å². The Morgan fingerprint density at radius 2 is 2.00 bits per heavy atom. The highest BCUT2D eigenvalue weighted by Crippen LogP contribution is 2.28. The number of hydrogen-bond acceptors (Lipinski definition) is 4. The van der Waals surface area contributed by atoms with E-state index in [0.29, 0.717) is 5.82 Å². The summed E-state index contributed by atoms with van der Waals surface area (Å²) in [6.45, 7) is 1.98. The summed E-state index contributed by atoms with van der Waals surface area (Å²) in [5.74, 6) is 0.527. The van der Waals surface area contributed by atoms with Gasteiger partial charge < -0.3 is 5.32 Å². The molecule has 1 saturated carbocycles. The van der Waals surface area contributed by atoms with Crippen LogP contribution in [0.4, 0.5) is 5.82 Å². The van der Waals surface area contributed by atoms with Gasteiger partial charge in [-0.15, -0.1) is 0 Å². The Morgan fingerprint density at radius 3 is 2.71 bits per heavy atom. The van der Waals surface area contributed by atoms with Crippen LogP contribution in [0.15, 0.2) is 18.3 Å². The van der Waals surface area contributed by atoms with Crippen molar-refractivity contribution in [3.05, 3.63) is 23.9 Å². The minimum atomic E-state index is -0.464. The summed E-state index contributed by atoms with van der Waals surface area (Å²) in [7, 11) is 0. The van der Waals surface area contributed by atoms with Gasteiger partial charge in [-0.05, 0) is 37.5 Å². The molecule has 0 bridgehead atoms. The first kappa shape index (κ1) is 14.0. The van der Waals surface area contributed by atoms with E-state index < -0.39 is 6.04 Å². The third-order valence-electron chi connectivity index (χ3n) is 4.36. The van der Waals surface area contributed by atoms with Crippen molar-refractivity contribution in [2.75, 3.05) is 5.32 Å². The van der Waals surface area contributed by atoms with Gasteiger partial charge in [0.15, 0.2) is 0 Å². The summed E-state index contributed by atoms with van der Waals surface area (Å²) in [4.78, 5) is 30.4. The summed E-state index contributed by atoms with van der Waals surface area (Å²) < 4.78 is 0. The second-order valence-electron chi connectivity index (χ2n) is 6.01. The molecular formula is C16H21N3O2. The van der Waals surface area contributed by atoms with E-state index in [1.165, 1.54) is 11.3 Å². The molecule has 1 N–H and O–H groups in total. The zero-order valence-corrected chi connectivity index (χ0v) is 12.3. The van der Waals surface area contributed by atoms with Crippen LogP contribution < -0.4 is 5.32 Å². The van der Waals surface area contributed by atoms with Crippen molar-refractivity contribution in [3.63, 3.8) is 0 Å². The molecule has 1 unspecified atom stereocenters.